The molecule has 0 unspecified atom stereocenters. The maximum atomic E-state index is 10.6. The maximum absolute atomic E-state index is 10.6. The van der Waals surface area contributed by atoms with Crippen molar-refractivity contribution in [1.82, 2.24) is 14.8 Å². The van der Waals surface area contributed by atoms with E-state index in [4.69, 9.17) is 18.0 Å². The van der Waals surface area contributed by atoms with Crippen molar-refractivity contribution in [2.45, 2.75) is 6.92 Å². The van der Waals surface area contributed by atoms with Gasteiger partial charge in [0.2, 0.25) is 4.77 Å². The summed E-state index contributed by atoms with van der Waals surface area (Å²) < 4.78 is 1.35. The molecule has 0 radical (unpaired) electrons. The number of amides is 1. The van der Waals surface area contributed by atoms with Gasteiger partial charge in [-0.3, -0.25) is 5.10 Å². The minimum atomic E-state index is -0.615. The monoisotopic (exact) mass is 158 g/mol. The Morgan fingerprint density at radius 1 is 1.90 bits per heavy atom. The van der Waals surface area contributed by atoms with Crippen molar-refractivity contribution in [3.8, 4) is 0 Å². The van der Waals surface area contributed by atoms with E-state index in [1.165, 1.54) is 0 Å². The highest BCUT2D eigenvalue weighted by Crippen LogP contribution is 1.92. The van der Waals surface area contributed by atoms with Crippen LogP contribution in [0.2, 0.25) is 0 Å². The van der Waals surface area contributed by atoms with Crippen LogP contribution in [0, 0.1) is 11.7 Å². The Balaban J connectivity index is 3.37. The molecule has 54 valence electrons. The highest BCUT2D eigenvalue weighted by Gasteiger charge is 2.03. The number of primary amides is 1. The van der Waals surface area contributed by atoms with Gasteiger partial charge in [0, 0.05) is 0 Å². The molecule has 0 bridgehead atoms. The summed E-state index contributed by atoms with van der Waals surface area (Å²) in [4.78, 5) is 10.6. The fraction of sp³-hybridized carbons (Fsp3) is 0.250. The summed E-state index contributed by atoms with van der Waals surface area (Å²) in [7, 11) is 0. The molecule has 0 saturated carbocycles. The molecular weight excluding hydrogens is 152 g/mol. The van der Waals surface area contributed by atoms with Crippen LogP contribution in [0.15, 0.2) is 0 Å². The smallest absolute Gasteiger partial charge is 0.326 e. The number of aromatic nitrogens is 3. The van der Waals surface area contributed by atoms with Crippen molar-refractivity contribution in [1.29, 1.82) is 0 Å². The van der Waals surface area contributed by atoms with E-state index in [1.807, 2.05) is 0 Å². The summed E-state index contributed by atoms with van der Waals surface area (Å²) in [6, 6.07) is -0.615. The van der Waals surface area contributed by atoms with E-state index in [2.05, 4.69) is 10.2 Å². The Labute approximate surface area is 61.8 Å². The number of nitrogens with zero attached hydrogens (tertiary/aromatic N) is 2. The lowest BCUT2D eigenvalue weighted by Gasteiger charge is -1.92. The van der Waals surface area contributed by atoms with Crippen molar-refractivity contribution in [2.24, 2.45) is 5.73 Å². The van der Waals surface area contributed by atoms with E-state index in [0.717, 1.165) is 4.57 Å². The highest BCUT2D eigenvalue weighted by atomic mass is 32.1. The second-order valence-electron chi connectivity index (χ2n) is 1.75. The molecule has 3 N–H and O–H groups in total. The van der Waals surface area contributed by atoms with Crippen molar-refractivity contribution in [3.05, 3.63) is 10.6 Å². The van der Waals surface area contributed by atoms with Crippen molar-refractivity contribution in [3.63, 3.8) is 0 Å². The molecule has 10 heavy (non-hydrogen) atoms. The van der Waals surface area contributed by atoms with Crippen LogP contribution in [0.4, 0.5) is 4.79 Å². The van der Waals surface area contributed by atoms with Gasteiger partial charge >= 0.3 is 6.03 Å². The first-order chi connectivity index (χ1) is 4.63. The fourth-order valence-electron chi connectivity index (χ4n) is 0.635. The van der Waals surface area contributed by atoms with Crippen molar-refractivity contribution in [2.75, 3.05) is 0 Å². The molecule has 1 aromatic heterocycles. The summed E-state index contributed by atoms with van der Waals surface area (Å²) in [5.41, 5.74) is 4.96. The van der Waals surface area contributed by atoms with E-state index in [-0.39, 0.29) is 4.77 Å². The third-order valence-electron chi connectivity index (χ3n) is 1.06. The number of carbonyl (C=O) groups excluding carboxylic acids is 1. The van der Waals surface area contributed by atoms with Gasteiger partial charge in [0.15, 0.2) is 0 Å². The van der Waals surface area contributed by atoms with E-state index < -0.39 is 6.03 Å². The second-order valence-corrected chi connectivity index (χ2v) is 2.14. The Bertz CT molecular complexity index is 311. The van der Waals surface area contributed by atoms with Crippen LogP contribution < -0.4 is 5.73 Å². The molecule has 1 aromatic rings. The fourth-order valence-corrected chi connectivity index (χ4v) is 0.903. The molecule has 0 aliphatic heterocycles. The number of hydrogen-bond acceptors (Lipinski definition) is 3. The molecule has 0 aromatic carbocycles. The normalized spacial score (nSPS) is 9.70. The number of aromatic amines is 1. The Hall–Kier alpha value is -1.17. The van der Waals surface area contributed by atoms with E-state index in [1.54, 1.807) is 6.92 Å². The molecule has 0 aliphatic carbocycles. The van der Waals surface area contributed by atoms with Crippen LogP contribution >= 0.6 is 12.2 Å². The molecule has 1 amide bonds. The Kier molecular flexibility index (Phi) is 1.54. The lowest BCUT2D eigenvalue weighted by molar-refractivity contribution is 0.249. The topological polar surface area (TPSA) is 76.7 Å². The molecule has 6 heteroatoms. The highest BCUT2D eigenvalue weighted by molar-refractivity contribution is 7.71. The first-order valence-corrected chi connectivity index (χ1v) is 2.97. The van der Waals surface area contributed by atoms with E-state index >= 15 is 0 Å². The van der Waals surface area contributed by atoms with Crippen molar-refractivity contribution >= 4 is 18.2 Å². The molecule has 0 fully saturated rings. The summed E-state index contributed by atoms with van der Waals surface area (Å²) in [6.07, 6.45) is 0. The number of H-pyrrole nitrogens is 1. The van der Waals surface area contributed by atoms with E-state index in [0.29, 0.717) is 5.82 Å². The number of nitrogens with one attached hydrogen (secondary N) is 1. The zero-order valence-corrected chi connectivity index (χ0v) is 6.10. The first kappa shape index (κ1) is 6.94. The second kappa shape index (κ2) is 2.22. The van der Waals surface area contributed by atoms with Gasteiger partial charge in [-0.15, -0.1) is 0 Å². The van der Waals surface area contributed by atoms with Crippen LogP contribution in [0.5, 0.6) is 0 Å². The SMILES string of the molecule is Cc1n[nH]c(=S)n1C(N)=O. The van der Waals surface area contributed by atoms with Gasteiger partial charge < -0.3 is 5.73 Å². The maximum Gasteiger partial charge on any atom is 0.326 e. The zero-order chi connectivity index (χ0) is 7.72. The lowest BCUT2D eigenvalue weighted by atomic mass is 10.7. The average molecular weight is 158 g/mol. The lowest BCUT2D eigenvalue weighted by Crippen LogP contribution is -2.20. The average Bonchev–Trinajstić information content (AvgIpc) is 2.11. The van der Waals surface area contributed by atoms with Crippen LogP contribution in [0.25, 0.3) is 0 Å². The number of rotatable bonds is 0. The molecule has 0 atom stereocenters. The zero-order valence-electron chi connectivity index (χ0n) is 5.29. The van der Waals surface area contributed by atoms with Gasteiger partial charge in [-0.25, -0.2) is 9.36 Å². The third kappa shape index (κ3) is 0.926. The Morgan fingerprint density at radius 3 is 2.70 bits per heavy atom. The molecular formula is C4H6N4OS. The molecule has 0 aliphatic rings. The van der Waals surface area contributed by atoms with Gasteiger partial charge in [0.25, 0.3) is 0 Å². The minimum absolute atomic E-state index is 0.227. The third-order valence-corrected chi connectivity index (χ3v) is 1.33. The van der Waals surface area contributed by atoms with Crippen molar-refractivity contribution < 1.29 is 4.79 Å². The first-order valence-electron chi connectivity index (χ1n) is 2.56. The van der Waals surface area contributed by atoms with Gasteiger partial charge in [0.05, 0.1) is 0 Å². The van der Waals surface area contributed by atoms with Crippen LogP contribution in [0.3, 0.4) is 0 Å². The predicted molar refractivity (Wildman–Crippen MR) is 37.1 cm³/mol. The Morgan fingerprint density at radius 2 is 2.50 bits per heavy atom. The largest absolute Gasteiger partial charge is 0.351 e. The molecule has 0 saturated heterocycles. The summed E-state index contributed by atoms with van der Waals surface area (Å²) >= 11 is 4.69. The van der Waals surface area contributed by atoms with Crippen LogP contribution in [-0.2, 0) is 0 Å². The summed E-state index contributed by atoms with van der Waals surface area (Å²) in [5.74, 6) is 0.470. The summed E-state index contributed by atoms with van der Waals surface area (Å²) in [6.45, 7) is 1.64. The van der Waals surface area contributed by atoms with Gasteiger partial charge in [-0.1, -0.05) is 0 Å². The van der Waals surface area contributed by atoms with Gasteiger partial charge in [-0.05, 0) is 19.1 Å². The number of aryl methyl sites for hydroxylation is 1. The number of hydrogen-bond donors (Lipinski definition) is 2. The van der Waals surface area contributed by atoms with Gasteiger partial charge in [-0.2, -0.15) is 5.10 Å². The summed E-state index contributed by atoms with van der Waals surface area (Å²) in [5, 5.41) is 6.12. The molecule has 5 nitrogen and oxygen atoms in total. The van der Waals surface area contributed by atoms with Crippen LogP contribution in [0.1, 0.15) is 5.82 Å². The van der Waals surface area contributed by atoms with E-state index in [9.17, 15) is 4.79 Å². The van der Waals surface area contributed by atoms with Gasteiger partial charge in [0.1, 0.15) is 5.82 Å². The van der Waals surface area contributed by atoms with Crippen LogP contribution in [-0.4, -0.2) is 20.8 Å². The minimum Gasteiger partial charge on any atom is -0.351 e. The number of carbonyl (C=O) groups is 1. The number of nitrogens with two attached hydrogens (primary N) is 1. The quantitative estimate of drug-likeness (QED) is 0.528. The standard InChI is InChI=1S/C4H6N4OS/c1-2-6-7-4(10)8(2)3(5)9/h1H3,(H2,5,9)(H,7,10). The molecule has 1 heterocycles. The molecule has 1 rings (SSSR count). The predicted octanol–water partition coefficient (Wildman–Crippen LogP) is 0.176. The molecule has 0 spiro atoms.